The minimum absolute atomic E-state index is 0.149. The standard InChI is InChI=1S/C13H6N2O/c14-6-10-5-9-3-1-2-4-11(9)13(8-16)12(10)7-15/h1-5,8H. The van der Waals surface area contributed by atoms with Gasteiger partial charge in [-0.2, -0.15) is 10.5 Å². The molecule has 0 fully saturated rings. The number of nitriles is 2. The van der Waals surface area contributed by atoms with Crippen LogP contribution in [-0.4, -0.2) is 6.29 Å². The van der Waals surface area contributed by atoms with Crippen LogP contribution in [0, 0.1) is 22.7 Å². The second-order valence-electron chi connectivity index (χ2n) is 3.28. The first kappa shape index (κ1) is 9.89. The van der Waals surface area contributed by atoms with Crippen molar-refractivity contribution in [1.82, 2.24) is 0 Å². The first-order valence-corrected chi connectivity index (χ1v) is 4.63. The fourth-order valence-electron chi connectivity index (χ4n) is 1.71. The van der Waals surface area contributed by atoms with E-state index >= 15 is 0 Å². The third kappa shape index (κ3) is 1.32. The zero-order valence-electron chi connectivity index (χ0n) is 8.27. The molecule has 0 atom stereocenters. The molecule has 0 amide bonds. The minimum atomic E-state index is 0.149. The fourth-order valence-corrected chi connectivity index (χ4v) is 1.71. The third-order valence-corrected chi connectivity index (χ3v) is 2.44. The highest BCUT2D eigenvalue weighted by Crippen LogP contribution is 2.23. The van der Waals surface area contributed by atoms with Gasteiger partial charge in [-0.05, 0) is 16.8 Å². The van der Waals surface area contributed by atoms with Crippen LogP contribution in [0.3, 0.4) is 0 Å². The molecule has 0 bridgehead atoms. The Morgan fingerprint density at radius 3 is 2.50 bits per heavy atom. The van der Waals surface area contributed by atoms with Crippen LogP contribution >= 0.6 is 0 Å². The first-order valence-electron chi connectivity index (χ1n) is 4.63. The molecule has 74 valence electrons. The van der Waals surface area contributed by atoms with Gasteiger partial charge >= 0.3 is 0 Å². The van der Waals surface area contributed by atoms with E-state index in [0.717, 1.165) is 5.39 Å². The number of nitrogens with zero attached hydrogens (tertiary/aromatic N) is 2. The molecule has 0 unspecified atom stereocenters. The summed E-state index contributed by atoms with van der Waals surface area (Å²) in [5.41, 5.74) is 0.677. The smallest absolute Gasteiger partial charge is 0.152 e. The van der Waals surface area contributed by atoms with E-state index in [9.17, 15) is 4.79 Å². The summed E-state index contributed by atoms with van der Waals surface area (Å²) in [6.45, 7) is 0. The van der Waals surface area contributed by atoms with Gasteiger partial charge in [0.05, 0.1) is 11.1 Å². The molecule has 16 heavy (non-hydrogen) atoms. The van der Waals surface area contributed by atoms with Crippen molar-refractivity contribution < 1.29 is 4.79 Å². The van der Waals surface area contributed by atoms with Crippen molar-refractivity contribution in [2.45, 2.75) is 0 Å². The van der Waals surface area contributed by atoms with Gasteiger partial charge in [0.25, 0.3) is 0 Å². The van der Waals surface area contributed by atoms with E-state index in [1.807, 2.05) is 24.3 Å². The average molecular weight is 206 g/mol. The number of rotatable bonds is 1. The van der Waals surface area contributed by atoms with E-state index in [1.165, 1.54) is 0 Å². The molecular weight excluding hydrogens is 200 g/mol. The molecule has 3 heteroatoms. The Bertz CT molecular complexity index is 660. The van der Waals surface area contributed by atoms with E-state index in [4.69, 9.17) is 10.5 Å². The first-order chi connectivity index (χ1) is 7.81. The van der Waals surface area contributed by atoms with Gasteiger partial charge in [0.1, 0.15) is 12.1 Å². The molecule has 0 N–H and O–H groups in total. The second-order valence-corrected chi connectivity index (χ2v) is 3.28. The highest BCUT2D eigenvalue weighted by Gasteiger charge is 2.11. The number of fused-ring (bicyclic) bond motifs is 1. The molecule has 0 saturated carbocycles. The molecule has 0 aliphatic carbocycles. The maximum atomic E-state index is 11.0. The molecule has 2 rings (SSSR count). The molecule has 3 nitrogen and oxygen atoms in total. The van der Waals surface area contributed by atoms with Crippen LogP contribution in [-0.2, 0) is 0 Å². The molecular formula is C13H6N2O. The van der Waals surface area contributed by atoms with Crippen LogP contribution < -0.4 is 0 Å². The lowest BCUT2D eigenvalue weighted by atomic mass is 9.96. The molecule has 0 aliphatic rings. The molecule has 2 aromatic carbocycles. The van der Waals surface area contributed by atoms with Crippen LogP contribution in [0.5, 0.6) is 0 Å². The van der Waals surface area contributed by atoms with Crippen molar-refractivity contribution in [3.05, 3.63) is 47.0 Å². The lowest BCUT2D eigenvalue weighted by molar-refractivity contribution is 0.112. The Hall–Kier alpha value is -2.65. The zero-order valence-corrected chi connectivity index (χ0v) is 8.27. The summed E-state index contributed by atoms with van der Waals surface area (Å²) in [5.74, 6) is 0. The number of aldehydes is 1. The van der Waals surface area contributed by atoms with E-state index in [0.29, 0.717) is 11.7 Å². The molecule has 2 aromatic rings. The van der Waals surface area contributed by atoms with Crippen molar-refractivity contribution in [2.75, 3.05) is 0 Å². The van der Waals surface area contributed by atoms with Crippen LogP contribution in [0.15, 0.2) is 30.3 Å². The monoisotopic (exact) mass is 206 g/mol. The lowest BCUT2D eigenvalue weighted by Gasteiger charge is -2.04. The van der Waals surface area contributed by atoms with Crippen molar-refractivity contribution in [1.29, 1.82) is 10.5 Å². The normalized spacial score (nSPS) is 9.38. The number of carbonyl (C=O) groups excluding carboxylic acids is 1. The highest BCUT2D eigenvalue weighted by molar-refractivity contribution is 6.01. The van der Waals surface area contributed by atoms with Gasteiger partial charge in [-0.1, -0.05) is 24.3 Å². The van der Waals surface area contributed by atoms with Crippen LogP contribution in [0.1, 0.15) is 21.5 Å². The number of benzene rings is 2. The molecule has 0 saturated heterocycles. The summed E-state index contributed by atoms with van der Waals surface area (Å²) in [6.07, 6.45) is 0.627. The van der Waals surface area contributed by atoms with Gasteiger partial charge in [-0.15, -0.1) is 0 Å². The number of carbonyl (C=O) groups is 1. The number of hydrogen-bond acceptors (Lipinski definition) is 3. The van der Waals surface area contributed by atoms with Crippen molar-refractivity contribution in [2.24, 2.45) is 0 Å². The summed E-state index contributed by atoms with van der Waals surface area (Å²) >= 11 is 0. The van der Waals surface area contributed by atoms with Gasteiger partial charge in [-0.3, -0.25) is 4.79 Å². The molecule has 0 aromatic heterocycles. The van der Waals surface area contributed by atoms with Crippen molar-refractivity contribution in [3.8, 4) is 12.1 Å². The fraction of sp³-hybridized carbons (Fsp3) is 0. The summed E-state index contributed by atoms with van der Waals surface area (Å²) in [5, 5.41) is 19.4. The Kier molecular flexibility index (Phi) is 2.37. The topological polar surface area (TPSA) is 64.7 Å². The second kappa shape index (κ2) is 3.84. The van der Waals surface area contributed by atoms with Crippen LogP contribution in [0.25, 0.3) is 10.8 Å². The summed E-state index contributed by atoms with van der Waals surface area (Å²) in [7, 11) is 0. The molecule has 0 aliphatic heterocycles. The van der Waals surface area contributed by atoms with Gasteiger partial charge < -0.3 is 0 Å². The lowest BCUT2D eigenvalue weighted by Crippen LogP contribution is -1.94. The quantitative estimate of drug-likeness (QED) is 0.673. The molecule has 0 heterocycles. The van der Waals surface area contributed by atoms with E-state index < -0.39 is 0 Å². The van der Waals surface area contributed by atoms with Crippen LogP contribution in [0.2, 0.25) is 0 Å². The minimum Gasteiger partial charge on any atom is -0.298 e. The Morgan fingerprint density at radius 2 is 1.88 bits per heavy atom. The Morgan fingerprint density at radius 1 is 1.12 bits per heavy atom. The Balaban J connectivity index is 3.02. The maximum Gasteiger partial charge on any atom is 0.152 e. The predicted octanol–water partition coefficient (Wildman–Crippen LogP) is 2.40. The molecule has 0 radical (unpaired) electrons. The van der Waals surface area contributed by atoms with E-state index in [2.05, 4.69) is 0 Å². The van der Waals surface area contributed by atoms with E-state index in [-0.39, 0.29) is 16.7 Å². The van der Waals surface area contributed by atoms with Crippen molar-refractivity contribution >= 4 is 17.1 Å². The predicted molar refractivity (Wildman–Crippen MR) is 58.8 cm³/mol. The van der Waals surface area contributed by atoms with Gasteiger partial charge in [-0.25, -0.2) is 0 Å². The van der Waals surface area contributed by atoms with Gasteiger partial charge in [0, 0.05) is 5.56 Å². The summed E-state index contributed by atoms with van der Waals surface area (Å²) in [6, 6.07) is 12.7. The maximum absolute atomic E-state index is 11.0. The summed E-state index contributed by atoms with van der Waals surface area (Å²) in [4.78, 5) is 11.0. The zero-order chi connectivity index (χ0) is 11.5. The number of hydrogen-bond donors (Lipinski definition) is 0. The summed E-state index contributed by atoms with van der Waals surface area (Å²) < 4.78 is 0. The van der Waals surface area contributed by atoms with Gasteiger partial charge in [0.15, 0.2) is 6.29 Å². The van der Waals surface area contributed by atoms with Crippen LogP contribution in [0.4, 0.5) is 0 Å². The Labute approximate surface area is 92.2 Å². The average Bonchev–Trinajstić information content (AvgIpc) is 2.36. The third-order valence-electron chi connectivity index (χ3n) is 2.44. The van der Waals surface area contributed by atoms with Gasteiger partial charge in [0.2, 0.25) is 0 Å². The van der Waals surface area contributed by atoms with E-state index in [1.54, 1.807) is 18.2 Å². The largest absolute Gasteiger partial charge is 0.298 e. The SMILES string of the molecule is N#Cc1cc2ccccc2c(C=O)c1C#N. The molecule has 0 spiro atoms. The highest BCUT2D eigenvalue weighted by atomic mass is 16.1. The van der Waals surface area contributed by atoms with Crippen molar-refractivity contribution in [3.63, 3.8) is 0 Å².